The van der Waals surface area contributed by atoms with E-state index in [2.05, 4.69) is 10.2 Å². The Labute approximate surface area is 115 Å². The highest BCUT2D eigenvalue weighted by Gasteiger charge is 2.21. The molecular weight excluding hydrogens is 246 g/mol. The van der Waals surface area contributed by atoms with Crippen molar-refractivity contribution in [1.82, 2.24) is 15.1 Å². The summed E-state index contributed by atoms with van der Waals surface area (Å²) in [6, 6.07) is 0. The Bertz CT molecular complexity index is 310. The van der Waals surface area contributed by atoms with Gasteiger partial charge >= 0.3 is 0 Å². The molecule has 0 aromatic rings. The van der Waals surface area contributed by atoms with E-state index in [1.165, 1.54) is 4.90 Å². The van der Waals surface area contributed by atoms with Crippen LogP contribution in [0.2, 0.25) is 0 Å². The predicted molar refractivity (Wildman–Crippen MR) is 72.8 cm³/mol. The zero-order chi connectivity index (χ0) is 14.3. The van der Waals surface area contributed by atoms with Crippen LogP contribution in [0.3, 0.4) is 0 Å². The molecule has 110 valence electrons. The SMILES string of the molecule is CCCNC(=O)CN(C)C(=O)CN1CCOC(C)C1. The minimum atomic E-state index is -0.104. The summed E-state index contributed by atoms with van der Waals surface area (Å²) in [5.74, 6) is -0.131. The van der Waals surface area contributed by atoms with Gasteiger partial charge in [-0.25, -0.2) is 0 Å². The fourth-order valence-electron chi connectivity index (χ4n) is 1.97. The minimum Gasteiger partial charge on any atom is -0.376 e. The molecule has 2 amide bonds. The molecule has 0 spiro atoms. The molecule has 0 bridgehead atoms. The fraction of sp³-hybridized carbons (Fsp3) is 0.846. The lowest BCUT2D eigenvalue weighted by Crippen LogP contribution is -2.48. The fourth-order valence-corrected chi connectivity index (χ4v) is 1.97. The second-order valence-corrected chi connectivity index (χ2v) is 5.02. The first-order valence-corrected chi connectivity index (χ1v) is 6.87. The molecule has 0 radical (unpaired) electrons. The molecule has 1 fully saturated rings. The van der Waals surface area contributed by atoms with E-state index in [-0.39, 0.29) is 24.5 Å². The van der Waals surface area contributed by atoms with Gasteiger partial charge in [-0.05, 0) is 13.3 Å². The van der Waals surface area contributed by atoms with E-state index in [1.807, 2.05) is 13.8 Å². The average molecular weight is 271 g/mol. The molecule has 0 aromatic heterocycles. The van der Waals surface area contributed by atoms with Gasteiger partial charge in [0.15, 0.2) is 0 Å². The lowest BCUT2D eigenvalue weighted by Gasteiger charge is -2.31. The minimum absolute atomic E-state index is 0.0271. The van der Waals surface area contributed by atoms with Crippen LogP contribution in [0.1, 0.15) is 20.3 Å². The van der Waals surface area contributed by atoms with Crippen LogP contribution in [-0.4, -0.2) is 74.1 Å². The molecule has 6 heteroatoms. The summed E-state index contributed by atoms with van der Waals surface area (Å²) < 4.78 is 5.43. The summed E-state index contributed by atoms with van der Waals surface area (Å²) in [6.45, 7) is 7.32. The quantitative estimate of drug-likeness (QED) is 0.720. The molecule has 1 aliphatic rings. The van der Waals surface area contributed by atoms with Gasteiger partial charge in [-0.1, -0.05) is 6.92 Å². The molecule has 1 aliphatic heterocycles. The summed E-state index contributed by atoms with van der Waals surface area (Å²) in [5.41, 5.74) is 0. The Hall–Kier alpha value is -1.14. The first kappa shape index (κ1) is 15.9. The van der Waals surface area contributed by atoms with Gasteiger partial charge in [-0.15, -0.1) is 0 Å². The number of likely N-dealkylation sites (N-methyl/N-ethyl adjacent to an activating group) is 1. The van der Waals surface area contributed by atoms with Crippen molar-refractivity contribution in [2.75, 3.05) is 46.4 Å². The maximum absolute atomic E-state index is 12.0. The van der Waals surface area contributed by atoms with E-state index < -0.39 is 0 Å². The molecule has 0 aliphatic carbocycles. The van der Waals surface area contributed by atoms with E-state index in [1.54, 1.807) is 7.05 Å². The van der Waals surface area contributed by atoms with Crippen LogP contribution >= 0.6 is 0 Å². The van der Waals surface area contributed by atoms with Crippen molar-refractivity contribution < 1.29 is 14.3 Å². The van der Waals surface area contributed by atoms with Crippen LogP contribution < -0.4 is 5.32 Å². The molecule has 19 heavy (non-hydrogen) atoms. The van der Waals surface area contributed by atoms with Crippen molar-refractivity contribution in [1.29, 1.82) is 0 Å². The number of rotatable bonds is 6. The number of nitrogens with one attached hydrogen (secondary N) is 1. The Morgan fingerprint density at radius 3 is 2.84 bits per heavy atom. The van der Waals surface area contributed by atoms with Crippen molar-refractivity contribution in [2.45, 2.75) is 26.4 Å². The standard InChI is InChI=1S/C13H25N3O3/c1-4-5-14-12(17)9-15(3)13(18)10-16-6-7-19-11(2)8-16/h11H,4-10H2,1-3H3,(H,14,17). The number of hydrogen-bond acceptors (Lipinski definition) is 4. The number of morpholine rings is 1. The van der Waals surface area contributed by atoms with Crippen LogP contribution in [0.4, 0.5) is 0 Å². The van der Waals surface area contributed by atoms with Crippen molar-refractivity contribution >= 4 is 11.8 Å². The van der Waals surface area contributed by atoms with Gasteiger partial charge in [0.1, 0.15) is 0 Å². The monoisotopic (exact) mass is 271 g/mol. The number of hydrogen-bond donors (Lipinski definition) is 1. The van der Waals surface area contributed by atoms with E-state index in [9.17, 15) is 9.59 Å². The third kappa shape index (κ3) is 6.02. The molecule has 1 atom stereocenters. The predicted octanol–water partition coefficient (Wildman–Crippen LogP) is -0.308. The number of carbonyl (C=O) groups excluding carboxylic acids is 2. The van der Waals surface area contributed by atoms with Crippen molar-refractivity contribution in [3.63, 3.8) is 0 Å². The largest absolute Gasteiger partial charge is 0.376 e. The first-order valence-electron chi connectivity index (χ1n) is 6.87. The zero-order valence-corrected chi connectivity index (χ0v) is 12.1. The van der Waals surface area contributed by atoms with Gasteiger partial charge in [-0.3, -0.25) is 14.5 Å². The Morgan fingerprint density at radius 2 is 2.21 bits per heavy atom. The third-order valence-electron chi connectivity index (χ3n) is 3.06. The normalized spacial score (nSPS) is 20.1. The van der Waals surface area contributed by atoms with Gasteiger partial charge in [0.25, 0.3) is 0 Å². The smallest absolute Gasteiger partial charge is 0.239 e. The lowest BCUT2D eigenvalue weighted by atomic mass is 10.3. The van der Waals surface area contributed by atoms with Crippen LogP contribution in [0.25, 0.3) is 0 Å². The molecular formula is C13H25N3O3. The van der Waals surface area contributed by atoms with E-state index >= 15 is 0 Å². The second kappa shape index (κ2) is 8.12. The molecule has 1 heterocycles. The number of ether oxygens (including phenoxy) is 1. The Morgan fingerprint density at radius 1 is 1.47 bits per heavy atom. The highest BCUT2D eigenvalue weighted by molar-refractivity contribution is 5.85. The van der Waals surface area contributed by atoms with E-state index in [0.717, 1.165) is 19.5 Å². The molecule has 1 rings (SSSR count). The summed E-state index contributed by atoms with van der Waals surface area (Å²) in [7, 11) is 1.66. The molecule has 1 unspecified atom stereocenters. The number of carbonyl (C=O) groups is 2. The molecule has 1 saturated heterocycles. The van der Waals surface area contributed by atoms with Gasteiger partial charge in [0.05, 0.1) is 25.8 Å². The van der Waals surface area contributed by atoms with Crippen LogP contribution in [0.15, 0.2) is 0 Å². The topological polar surface area (TPSA) is 61.9 Å². The van der Waals surface area contributed by atoms with Gasteiger partial charge < -0.3 is 15.0 Å². The molecule has 0 saturated carbocycles. The van der Waals surface area contributed by atoms with Gasteiger partial charge in [0, 0.05) is 26.7 Å². The highest BCUT2D eigenvalue weighted by Crippen LogP contribution is 2.04. The second-order valence-electron chi connectivity index (χ2n) is 5.02. The highest BCUT2D eigenvalue weighted by atomic mass is 16.5. The van der Waals surface area contributed by atoms with Crippen LogP contribution in [0.5, 0.6) is 0 Å². The van der Waals surface area contributed by atoms with Crippen molar-refractivity contribution in [3.05, 3.63) is 0 Å². The summed E-state index contributed by atoms with van der Waals surface area (Å²) in [6.07, 6.45) is 1.06. The van der Waals surface area contributed by atoms with Gasteiger partial charge in [-0.2, -0.15) is 0 Å². The van der Waals surface area contributed by atoms with Gasteiger partial charge in [0.2, 0.25) is 11.8 Å². The average Bonchev–Trinajstić information content (AvgIpc) is 2.36. The van der Waals surface area contributed by atoms with E-state index in [0.29, 0.717) is 19.7 Å². The Kier molecular flexibility index (Phi) is 6.80. The first-order chi connectivity index (χ1) is 9.02. The number of amides is 2. The maximum Gasteiger partial charge on any atom is 0.239 e. The lowest BCUT2D eigenvalue weighted by molar-refractivity contribution is -0.137. The van der Waals surface area contributed by atoms with E-state index in [4.69, 9.17) is 4.74 Å². The summed E-state index contributed by atoms with van der Waals surface area (Å²) in [5, 5.41) is 2.76. The third-order valence-corrected chi connectivity index (χ3v) is 3.06. The maximum atomic E-state index is 12.0. The molecule has 1 N–H and O–H groups in total. The van der Waals surface area contributed by atoms with Crippen molar-refractivity contribution in [2.24, 2.45) is 0 Å². The molecule has 0 aromatic carbocycles. The zero-order valence-electron chi connectivity index (χ0n) is 12.1. The van der Waals surface area contributed by atoms with Crippen molar-refractivity contribution in [3.8, 4) is 0 Å². The Balaban J connectivity index is 2.29. The number of nitrogens with zero attached hydrogens (tertiary/aromatic N) is 2. The van der Waals surface area contributed by atoms with Crippen LogP contribution in [0, 0.1) is 0 Å². The van der Waals surface area contributed by atoms with Crippen LogP contribution in [-0.2, 0) is 14.3 Å². The molecule has 6 nitrogen and oxygen atoms in total. The summed E-state index contributed by atoms with van der Waals surface area (Å²) >= 11 is 0. The summed E-state index contributed by atoms with van der Waals surface area (Å²) in [4.78, 5) is 27.1.